The van der Waals surface area contributed by atoms with Crippen LogP contribution in [-0.2, 0) is 9.53 Å². The molecule has 7 heteroatoms. The average molecular weight is 350 g/mol. The number of guanidine groups is 1. The van der Waals surface area contributed by atoms with Crippen LogP contribution in [-0.4, -0.2) is 51.3 Å². The second-order valence-corrected chi connectivity index (χ2v) is 5.30. The van der Waals surface area contributed by atoms with E-state index < -0.39 is 0 Å². The number of nitrogens with one attached hydrogen (secondary N) is 3. The maximum absolute atomic E-state index is 11.1. The minimum atomic E-state index is -0.102. The van der Waals surface area contributed by atoms with Crippen LogP contribution in [0.3, 0.4) is 0 Å². The van der Waals surface area contributed by atoms with E-state index in [0.717, 1.165) is 44.4 Å². The van der Waals surface area contributed by atoms with Gasteiger partial charge in [0.2, 0.25) is 5.91 Å². The molecule has 0 spiro atoms. The summed E-state index contributed by atoms with van der Waals surface area (Å²) in [7, 11) is 0. The summed E-state index contributed by atoms with van der Waals surface area (Å²) in [6.07, 6.45) is 0.900. The fourth-order valence-corrected chi connectivity index (χ4v) is 2.05. The van der Waals surface area contributed by atoms with Crippen molar-refractivity contribution in [3.05, 3.63) is 24.3 Å². The molecule has 0 aromatic heterocycles. The highest BCUT2D eigenvalue weighted by molar-refractivity contribution is 5.88. The number of carbonyl (C=O) groups is 1. The maximum atomic E-state index is 11.1. The van der Waals surface area contributed by atoms with E-state index in [1.807, 2.05) is 32.0 Å². The number of amides is 1. The molecule has 1 rings (SSSR count). The number of ether oxygens (including phenoxy) is 2. The lowest BCUT2D eigenvalue weighted by atomic mass is 10.3. The maximum Gasteiger partial charge on any atom is 0.221 e. The van der Waals surface area contributed by atoms with Gasteiger partial charge in [-0.2, -0.15) is 0 Å². The van der Waals surface area contributed by atoms with Gasteiger partial charge in [-0.15, -0.1) is 0 Å². The molecular formula is C18H30N4O3. The van der Waals surface area contributed by atoms with Crippen molar-refractivity contribution in [3.8, 4) is 5.75 Å². The van der Waals surface area contributed by atoms with E-state index in [4.69, 9.17) is 9.47 Å². The quantitative estimate of drug-likeness (QED) is 0.323. The van der Waals surface area contributed by atoms with Gasteiger partial charge in [-0.25, -0.2) is 0 Å². The summed E-state index contributed by atoms with van der Waals surface area (Å²) in [5, 5.41) is 9.16. The number of carbonyl (C=O) groups excluding carboxylic acids is 1. The lowest BCUT2D eigenvalue weighted by molar-refractivity contribution is -0.114. The molecule has 1 amide bonds. The fraction of sp³-hybridized carbons (Fsp3) is 0.556. The molecule has 1 aromatic rings. The SMILES string of the molecule is CCNC(=NCCCOCC)NCCOc1cccc(NC(C)=O)c1. The largest absolute Gasteiger partial charge is 0.492 e. The van der Waals surface area contributed by atoms with Crippen LogP contribution in [0.15, 0.2) is 29.3 Å². The van der Waals surface area contributed by atoms with Gasteiger partial charge >= 0.3 is 0 Å². The van der Waals surface area contributed by atoms with Crippen LogP contribution >= 0.6 is 0 Å². The van der Waals surface area contributed by atoms with Crippen LogP contribution in [0.4, 0.5) is 5.69 Å². The van der Waals surface area contributed by atoms with Gasteiger partial charge < -0.3 is 25.4 Å². The van der Waals surface area contributed by atoms with Crippen molar-refractivity contribution in [2.24, 2.45) is 4.99 Å². The Kier molecular flexibility index (Phi) is 10.8. The van der Waals surface area contributed by atoms with Crippen LogP contribution in [0, 0.1) is 0 Å². The molecule has 0 radical (unpaired) electrons. The number of hydrogen-bond acceptors (Lipinski definition) is 4. The summed E-state index contributed by atoms with van der Waals surface area (Å²) in [4.78, 5) is 15.6. The number of aliphatic imine (C=N–C) groups is 1. The second-order valence-electron chi connectivity index (χ2n) is 5.30. The minimum absolute atomic E-state index is 0.102. The molecule has 0 atom stereocenters. The molecule has 0 aliphatic heterocycles. The Morgan fingerprint density at radius 3 is 2.76 bits per heavy atom. The Balaban J connectivity index is 2.33. The van der Waals surface area contributed by atoms with Crippen molar-refractivity contribution in [1.82, 2.24) is 10.6 Å². The van der Waals surface area contributed by atoms with Gasteiger partial charge in [0, 0.05) is 45.0 Å². The molecule has 1 aromatic carbocycles. The number of hydrogen-bond donors (Lipinski definition) is 3. The third kappa shape index (κ3) is 10.2. The van der Waals surface area contributed by atoms with Crippen molar-refractivity contribution in [1.29, 1.82) is 0 Å². The molecule has 0 aliphatic carbocycles. The van der Waals surface area contributed by atoms with Gasteiger partial charge in [-0.1, -0.05) is 6.07 Å². The standard InChI is InChI=1S/C18H30N4O3/c1-4-19-18(20-10-7-12-24-5-2)21-11-13-25-17-9-6-8-16(14-17)22-15(3)23/h6,8-9,14H,4-5,7,10-13H2,1-3H3,(H,22,23)(H2,19,20,21). The fourth-order valence-electron chi connectivity index (χ4n) is 2.05. The molecular weight excluding hydrogens is 320 g/mol. The Bertz CT molecular complexity index is 535. The van der Waals surface area contributed by atoms with Crippen LogP contribution < -0.4 is 20.7 Å². The summed E-state index contributed by atoms with van der Waals surface area (Å²) in [6.45, 7) is 9.60. The summed E-state index contributed by atoms with van der Waals surface area (Å²) in [5.74, 6) is 1.39. The topological polar surface area (TPSA) is 84.0 Å². The van der Waals surface area contributed by atoms with E-state index in [1.54, 1.807) is 6.07 Å². The lowest BCUT2D eigenvalue weighted by Gasteiger charge is -2.12. The predicted octanol–water partition coefficient (Wildman–Crippen LogP) is 2.01. The highest BCUT2D eigenvalue weighted by Crippen LogP contribution is 2.16. The molecule has 0 fully saturated rings. The first-order chi connectivity index (χ1) is 12.2. The number of rotatable bonds is 11. The van der Waals surface area contributed by atoms with Crippen LogP contribution in [0.2, 0.25) is 0 Å². The van der Waals surface area contributed by atoms with E-state index in [1.165, 1.54) is 6.92 Å². The van der Waals surface area contributed by atoms with Crippen LogP contribution in [0.5, 0.6) is 5.75 Å². The van der Waals surface area contributed by atoms with E-state index in [0.29, 0.717) is 18.9 Å². The van der Waals surface area contributed by atoms with Gasteiger partial charge in [-0.3, -0.25) is 9.79 Å². The molecule has 0 unspecified atom stereocenters. The Morgan fingerprint density at radius 1 is 1.20 bits per heavy atom. The van der Waals surface area contributed by atoms with E-state index in [2.05, 4.69) is 20.9 Å². The number of nitrogens with zero attached hydrogens (tertiary/aromatic N) is 1. The van der Waals surface area contributed by atoms with Crippen LogP contribution in [0.25, 0.3) is 0 Å². The Morgan fingerprint density at radius 2 is 2.04 bits per heavy atom. The van der Waals surface area contributed by atoms with E-state index >= 15 is 0 Å². The average Bonchev–Trinajstić information content (AvgIpc) is 2.58. The smallest absolute Gasteiger partial charge is 0.221 e. The van der Waals surface area contributed by atoms with Gasteiger partial charge in [0.05, 0.1) is 6.54 Å². The molecule has 7 nitrogen and oxygen atoms in total. The number of anilines is 1. The van der Waals surface area contributed by atoms with Crippen molar-refractivity contribution < 1.29 is 14.3 Å². The zero-order valence-corrected chi connectivity index (χ0v) is 15.4. The third-order valence-corrected chi connectivity index (χ3v) is 3.08. The Hall–Kier alpha value is -2.28. The first-order valence-electron chi connectivity index (χ1n) is 8.76. The van der Waals surface area contributed by atoms with Gasteiger partial charge in [0.1, 0.15) is 12.4 Å². The molecule has 0 saturated heterocycles. The first kappa shape index (κ1) is 20.8. The van der Waals surface area contributed by atoms with Gasteiger partial charge in [0.15, 0.2) is 5.96 Å². The Labute approximate surface area is 150 Å². The molecule has 3 N–H and O–H groups in total. The summed E-state index contributed by atoms with van der Waals surface area (Å²) in [6, 6.07) is 7.33. The van der Waals surface area contributed by atoms with Crippen molar-refractivity contribution in [3.63, 3.8) is 0 Å². The molecule has 0 aliphatic rings. The van der Waals surface area contributed by atoms with Crippen molar-refractivity contribution >= 4 is 17.6 Å². The summed E-state index contributed by atoms with van der Waals surface area (Å²) in [5.41, 5.74) is 0.724. The van der Waals surface area contributed by atoms with E-state index in [9.17, 15) is 4.79 Å². The van der Waals surface area contributed by atoms with Crippen molar-refractivity contribution in [2.75, 3.05) is 44.8 Å². The monoisotopic (exact) mass is 350 g/mol. The second kappa shape index (κ2) is 13.1. The van der Waals surface area contributed by atoms with Gasteiger partial charge in [0.25, 0.3) is 0 Å². The summed E-state index contributed by atoms with van der Waals surface area (Å²) >= 11 is 0. The zero-order valence-electron chi connectivity index (χ0n) is 15.4. The van der Waals surface area contributed by atoms with Gasteiger partial charge in [-0.05, 0) is 32.4 Å². The molecule has 25 heavy (non-hydrogen) atoms. The third-order valence-electron chi connectivity index (χ3n) is 3.08. The highest BCUT2D eigenvalue weighted by atomic mass is 16.5. The predicted molar refractivity (Wildman–Crippen MR) is 101 cm³/mol. The molecule has 140 valence electrons. The van der Waals surface area contributed by atoms with Crippen molar-refractivity contribution in [2.45, 2.75) is 27.2 Å². The number of benzene rings is 1. The highest BCUT2D eigenvalue weighted by Gasteiger charge is 2.00. The first-order valence-corrected chi connectivity index (χ1v) is 8.76. The normalized spacial score (nSPS) is 11.1. The molecule has 0 bridgehead atoms. The zero-order chi connectivity index (χ0) is 18.3. The molecule has 0 heterocycles. The summed E-state index contributed by atoms with van der Waals surface area (Å²) < 4.78 is 11.0. The lowest BCUT2D eigenvalue weighted by Crippen LogP contribution is -2.39. The van der Waals surface area contributed by atoms with Crippen LogP contribution in [0.1, 0.15) is 27.2 Å². The molecule has 0 saturated carbocycles. The van der Waals surface area contributed by atoms with E-state index in [-0.39, 0.29) is 5.91 Å². The minimum Gasteiger partial charge on any atom is -0.492 e.